The first-order valence-corrected chi connectivity index (χ1v) is 7.26. The lowest BCUT2D eigenvalue weighted by Crippen LogP contribution is -2.21. The molecule has 0 spiro atoms. The first kappa shape index (κ1) is 14.9. The summed E-state index contributed by atoms with van der Waals surface area (Å²) in [6, 6.07) is 7.24. The summed E-state index contributed by atoms with van der Waals surface area (Å²) in [5.41, 5.74) is 1.02. The van der Waals surface area contributed by atoms with Crippen LogP contribution in [0.15, 0.2) is 36.9 Å². The predicted octanol–water partition coefficient (Wildman–Crippen LogP) is 1.33. The standard InChI is InChI=1S/C12H17O5P/c1-2-4-10-5-3-6-12(7-10)17-8-11(13)9-18(14,15)16/h2-3,5-7,11,13H,1,4,8-9H2,(H2,14,15,16). The quantitative estimate of drug-likeness (QED) is 0.515. The zero-order chi connectivity index (χ0) is 13.6. The molecule has 0 heterocycles. The van der Waals surface area contributed by atoms with Crippen molar-refractivity contribution in [3.63, 3.8) is 0 Å². The molecule has 0 fully saturated rings. The fraction of sp³-hybridized carbons (Fsp3) is 0.333. The highest BCUT2D eigenvalue weighted by molar-refractivity contribution is 7.51. The van der Waals surface area contributed by atoms with Gasteiger partial charge in [0.05, 0.1) is 12.3 Å². The van der Waals surface area contributed by atoms with E-state index < -0.39 is 19.9 Å². The topological polar surface area (TPSA) is 87.0 Å². The van der Waals surface area contributed by atoms with Crippen molar-refractivity contribution in [1.82, 2.24) is 0 Å². The van der Waals surface area contributed by atoms with Crippen LogP contribution in [0.3, 0.4) is 0 Å². The molecule has 18 heavy (non-hydrogen) atoms. The van der Waals surface area contributed by atoms with Crippen LogP contribution in [0.4, 0.5) is 0 Å². The van der Waals surface area contributed by atoms with E-state index in [1.54, 1.807) is 18.2 Å². The van der Waals surface area contributed by atoms with Gasteiger partial charge in [-0.2, -0.15) is 0 Å². The molecule has 1 atom stereocenters. The van der Waals surface area contributed by atoms with E-state index in [0.29, 0.717) is 12.2 Å². The van der Waals surface area contributed by atoms with Crippen LogP contribution < -0.4 is 4.74 Å². The minimum atomic E-state index is -4.21. The molecule has 0 radical (unpaired) electrons. The minimum Gasteiger partial charge on any atom is -0.491 e. The second-order valence-electron chi connectivity index (χ2n) is 3.95. The molecular formula is C12H17O5P. The smallest absolute Gasteiger partial charge is 0.328 e. The first-order valence-electron chi connectivity index (χ1n) is 5.46. The van der Waals surface area contributed by atoms with E-state index in [1.165, 1.54) is 0 Å². The van der Waals surface area contributed by atoms with Gasteiger partial charge in [0.2, 0.25) is 0 Å². The number of rotatable bonds is 7. The van der Waals surface area contributed by atoms with Gasteiger partial charge in [-0.25, -0.2) is 0 Å². The van der Waals surface area contributed by atoms with Crippen molar-refractivity contribution in [2.45, 2.75) is 12.5 Å². The van der Waals surface area contributed by atoms with Crippen molar-refractivity contribution >= 4 is 7.60 Å². The van der Waals surface area contributed by atoms with E-state index >= 15 is 0 Å². The fourth-order valence-electron chi connectivity index (χ4n) is 1.45. The molecule has 0 bridgehead atoms. The molecular weight excluding hydrogens is 255 g/mol. The van der Waals surface area contributed by atoms with Gasteiger partial charge in [-0.1, -0.05) is 18.2 Å². The van der Waals surface area contributed by atoms with E-state index in [1.807, 2.05) is 12.1 Å². The van der Waals surface area contributed by atoms with E-state index in [4.69, 9.17) is 14.5 Å². The minimum absolute atomic E-state index is 0.150. The van der Waals surface area contributed by atoms with Crippen molar-refractivity contribution < 1.29 is 24.2 Å². The molecule has 0 aliphatic rings. The van der Waals surface area contributed by atoms with Crippen LogP contribution in [-0.2, 0) is 11.0 Å². The highest BCUT2D eigenvalue weighted by Crippen LogP contribution is 2.34. The average molecular weight is 272 g/mol. The number of aliphatic hydroxyl groups is 1. The summed E-state index contributed by atoms with van der Waals surface area (Å²) in [5, 5.41) is 9.39. The van der Waals surface area contributed by atoms with Crippen LogP contribution in [0.1, 0.15) is 5.56 Å². The van der Waals surface area contributed by atoms with Gasteiger partial charge in [-0.3, -0.25) is 4.57 Å². The number of aliphatic hydroxyl groups excluding tert-OH is 1. The van der Waals surface area contributed by atoms with Crippen LogP contribution in [0.25, 0.3) is 0 Å². The summed E-state index contributed by atoms with van der Waals surface area (Å²) >= 11 is 0. The van der Waals surface area contributed by atoms with Crippen LogP contribution in [0.5, 0.6) is 5.75 Å². The van der Waals surface area contributed by atoms with Gasteiger partial charge < -0.3 is 19.6 Å². The molecule has 100 valence electrons. The predicted molar refractivity (Wildman–Crippen MR) is 68.8 cm³/mol. The molecule has 0 amide bonds. The van der Waals surface area contributed by atoms with Crippen molar-refractivity contribution in [2.75, 3.05) is 12.8 Å². The zero-order valence-corrected chi connectivity index (χ0v) is 10.8. The molecule has 0 aliphatic heterocycles. The lowest BCUT2D eigenvalue weighted by molar-refractivity contribution is 0.120. The van der Waals surface area contributed by atoms with Gasteiger partial charge in [-0.05, 0) is 24.1 Å². The largest absolute Gasteiger partial charge is 0.491 e. The van der Waals surface area contributed by atoms with E-state index in [9.17, 15) is 9.67 Å². The molecule has 0 saturated carbocycles. The molecule has 5 nitrogen and oxygen atoms in total. The summed E-state index contributed by atoms with van der Waals surface area (Å²) in [7, 11) is -4.21. The maximum absolute atomic E-state index is 10.7. The lowest BCUT2D eigenvalue weighted by atomic mass is 10.1. The molecule has 0 saturated heterocycles. The molecule has 6 heteroatoms. The number of allylic oxidation sites excluding steroid dienone is 1. The SMILES string of the molecule is C=CCc1cccc(OCC(O)CP(=O)(O)O)c1. The molecule has 1 unspecified atom stereocenters. The molecule has 1 aromatic rings. The second-order valence-corrected chi connectivity index (χ2v) is 5.65. The Hall–Kier alpha value is -1.13. The van der Waals surface area contributed by atoms with Gasteiger partial charge in [0.15, 0.2) is 0 Å². The molecule has 1 rings (SSSR count). The normalized spacial score (nSPS) is 13.1. The van der Waals surface area contributed by atoms with Crippen LogP contribution in [-0.4, -0.2) is 33.8 Å². The zero-order valence-electron chi connectivity index (χ0n) is 9.90. The molecule has 3 N–H and O–H groups in total. The monoisotopic (exact) mass is 272 g/mol. The van der Waals surface area contributed by atoms with Crippen molar-refractivity contribution in [3.8, 4) is 5.75 Å². The Bertz CT molecular complexity index is 440. The van der Waals surface area contributed by atoms with E-state index in [2.05, 4.69) is 6.58 Å². The van der Waals surface area contributed by atoms with E-state index in [-0.39, 0.29) is 6.61 Å². The number of hydrogen-bond acceptors (Lipinski definition) is 3. The maximum Gasteiger partial charge on any atom is 0.328 e. The second kappa shape index (κ2) is 6.71. The van der Waals surface area contributed by atoms with Gasteiger partial charge in [0.1, 0.15) is 12.4 Å². The lowest BCUT2D eigenvalue weighted by Gasteiger charge is -2.13. The van der Waals surface area contributed by atoms with Crippen molar-refractivity contribution in [2.24, 2.45) is 0 Å². The Morgan fingerprint density at radius 2 is 2.17 bits per heavy atom. The fourth-order valence-corrected chi connectivity index (χ4v) is 2.10. The van der Waals surface area contributed by atoms with E-state index in [0.717, 1.165) is 5.56 Å². The average Bonchev–Trinajstić information content (AvgIpc) is 2.25. The van der Waals surface area contributed by atoms with Crippen LogP contribution in [0, 0.1) is 0 Å². The van der Waals surface area contributed by atoms with Gasteiger partial charge in [-0.15, -0.1) is 6.58 Å². The van der Waals surface area contributed by atoms with Crippen LogP contribution >= 0.6 is 7.60 Å². The Labute approximate surface area is 106 Å². The highest BCUT2D eigenvalue weighted by atomic mass is 31.2. The third kappa shape index (κ3) is 5.98. The Morgan fingerprint density at radius 1 is 1.44 bits per heavy atom. The Kier molecular flexibility index (Phi) is 5.56. The number of hydrogen-bond donors (Lipinski definition) is 3. The summed E-state index contributed by atoms with van der Waals surface area (Å²) in [6.07, 6.45) is 0.692. The van der Waals surface area contributed by atoms with Gasteiger partial charge >= 0.3 is 7.60 Å². The molecule has 1 aromatic carbocycles. The Balaban J connectivity index is 2.50. The summed E-state index contributed by atoms with van der Waals surface area (Å²) in [4.78, 5) is 17.4. The summed E-state index contributed by atoms with van der Waals surface area (Å²) in [5.74, 6) is 0.555. The third-order valence-corrected chi connectivity index (χ3v) is 3.07. The highest BCUT2D eigenvalue weighted by Gasteiger charge is 2.19. The first-order chi connectivity index (χ1) is 8.40. The van der Waals surface area contributed by atoms with Crippen LogP contribution in [0.2, 0.25) is 0 Å². The number of ether oxygens (including phenoxy) is 1. The maximum atomic E-state index is 10.7. The molecule has 0 aliphatic carbocycles. The summed E-state index contributed by atoms with van der Waals surface area (Å²) in [6.45, 7) is 3.48. The molecule has 0 aromatic heterocycles. The van der Waals surface area contributed by atoms with Gasteiger partial charge in [0, 0.05) is 0 Å². The number of benzene rings is 1. The Morgan fingerprint density at radius 3 is 2.78 bits per heavy atom. The van der Waals surface area contributed by atoms with Gasteiger partial charge in [0.25, 0.3) is 0 Å². The third-order valence-electron chi connectivity index (χ3n) is 2.17. The van der Waals surface area contributed by atoms with Crippen molar-refractivity contribution in [3.05, 3.63) is 42.5 Å². The summed E-state index contributed by atoms with van der Waals surface area (Å²) < 4.78 is 15.9. The van der Waals surface area contributed by atoms with Crippen molar-refractivity contribution in [1.29, 1.82) is 0 Å².